The first-order valence-electron chi connectivity index (χ1n) is 8.18. The molecule has 0 atom stereocenters. The first-order valence-corrected chi connectivity index (χ1v) is 8.56. The van der Waals surface area contributed by atoms with Crippen molar-refractivity contribution in [3.8, 4) is 0 Å². The predicted molar refractivity (Wildman–Crippen MR) is 105 cm³/mol. The molecule has 0 unspecified atom stereocenters. The fourth-order valence-corrected chi connectivity index (χ4v) is 2.65. The fourth-order valence-electron chi connectivity index (χ4n) is 2.46. The molecular formula is C20H19ClN4O. The summed E-state index contributed by atoms with van der Waals surface area (Å²) in [6.07, 6.45) is 0. The van der Waals surface area contributed by atoms with E-state index in [-0.39, 0.29) is 11.6 Å². The number of anilines is 3. The van der Waals surface area contributed by atoms with Gasteiger partial charge in [0, 0.05) is 22.5 Å². The SMILES string of the molecule is Cc1nc(Nc2ccccc2C)cc(C(=O)Nc2ccc(C)c(Cl)c2)n1. The number of amides is 1. The Morgan fingerprint density at radius 2 is 1.73 bits per heavy atom. The molecule has 0 radical (unpaired) electrons. The molecule has 2 N–H and O–H groups in total. The summed E-state index contributed by atoms with van der Waals surface area (Å²) in [5.74, 6) is 0.762. The molecular weight excluding hydrogens is 348 g/mol. The zero-order valence-corrected chi connectivity index (χ0v) is 15.6. The van der Waals surface area contributed by atoms with Crippen LogP contribution in [0.5, 0.6) is 0 Å². The molecule has 1 amide bonds. The maximum atomic E-state index is 12.6. The lowest BCUT2D eigenvalue weighted by Crippen LogP contribution is -2.15. The number of carbonyl (C=O) groups is 1. The van der Waals surface area contributed by atoms with Gasteiger partial charge in [0.05, 0.1) is 0 Å². The Morgan fingerprint density at radius 1 is 0.962 bits per heavy atom. The molecule has 0 aliphatic heterocycles. The highest BCUT2D eigenvalue weighted by Crippen LogP contribution is 2.22. The minimum Gasteiger partial charge on any atom is -0.340 e. The van der Waals surface area contributed by atoms with Gasteiger partial charge in [-0.15, -0.1) is 0 Å². The number of hydrogen-bond acceptors (Lipinski definition) is 4. The van der Waals surface area contributed by atoms with Crippen LogP contribution in [0.2, 0.25) is 5.02 Å². The van der Waals surface area contributed by atoms with Crippen LogP contribution in [-0.4, -0.2) is 15.9 Å². The summed E-state index contributed by atoms with van der Waals surface area (Å²) < 4.78 is 0. The van der Waals surface area contributed by atoms with Gasteiger partial charge in [0.1, 0.15) is 17.3 Å². The maximum absolute atomic E-state index is 12.6. The topological polar surface area (TPSA) is 66.9 Å². The molecule has 0 bridgehead atoms. The second-order valence-corrected chi connectivity index (χ2v) is 6.45. The molecule has 3 rings (SSSR count). The van der Waals surface area contributed by atoms with Crippen LogP contribution in [0, 0.1) is 20.8 Å². The molecule has 26 heavy (non-hydrogen) atoms. The third-order valence-corrected chi connectivity index (χ3v) is 4.32. The van der Waals surface area contributed by atoms with E-state index in [9.17, 15) is 4.79 Å². The number of aromatic nitrogens is 2. The lowest BCUT2D eigenvalue weighted by molar-refractivity contribution is 0.102. The van der Waals surface area contributed by atoms with Crippen LogP contribution in [0.1, 0.15) is 27.4 Å². The van der Waals surface area contributed by atoms with E-state index in [1.165, 1.54) is 0 Å². The van der Waals surface area contributed by atoms with Crippen LogP contribution in [-0.2, 0) is 0 Å². The van der Waals surface area contributed by atoms with Gasteiger partial charge in [0.25, 0.3) is 5.91 Å². The number of carbonyl (C=O) groups excluding carboxylic acids is 1. The lowest BCUT2D eigenvalue weighted by atomic mass is 10.2. The van der Waals surface area contributed by atoms with Crippen molar-refractivity contribution in [2.45, 2.75) is 20.8 Å². The zero-order chi connectivity index (χ0) is 18.7. The number of para-hydroxylation sites is 1. The first-order chi connectivity index (χ1) is 12.4. The summed E-state index contributed by atoms with van der Waals surface area (Å²) in [7, 11) is 0. The summed E-state index contributed by atoms with van der Waals surface area (Å²) in [6, 6.07) is 14.9. The smallest absolute Gasteiger partial charge is 0.274 e. The normalized spacial score (nSPS) is 10.5. The van der Waals surface area contributed by atoms with Gasteiger partial charge in [-0.25, -0.2) is 9.97 Å². The van der Waals surface area contributed by atoms with Gasteiger partial charge in [-0.3, -0.25) is 4.79 Å². The van der Waals surface area contributed by atoms with E-state index in [1.807, 2.05) is 44.2 Å². The van der Waals surface area contributed by atoms with Gasteiger partial charge in [-0.1, -0.05) is 35.9 Å². The molecule has 5 nitrogen and oxygen atoms in total. The van der Waals surface area contributed by atoms with Crippen LogP contribution in [0.15, 0.2) is 48.5 Å². The van der Waals surface area contributed by atoms with Gasteiger partial charge in [0.2, 0.25) is 0 Å². The Labute approximate surface area is 157 Å². The standard InChI is InChI=1S/C20H19ClN4O/c1-12-8-9-15(10-16(12)21)24-20(26)18-11-19(23-14(3)22-18)25-17-7-5-4-6-13(17)2/h4-11H,1-3H3,(H,24,26)(H,22,23,25). The van der Waals surface area contributed by atoms with Crippen LogP contribution < -0.4 is 10.6 Å². The molecule has 0 aliphatic rings. The van der Waals surface area contributed by atoms with E-state index >= 15 is 0 Å². The molecule has 0 fully saturated rings. The largest absolute Gasteiger partial charge is 0.340 e. The predicted octanol–water partition coefficient (Wildman–Crippen LogP) is 5.05. The van der Waals surface area contributed by atoms with Crippen molar-refractivity contribution in [1.82, 2.24) is 9.97 Å². The number of aryl methyl sites for hydroxylation is 3. The van der Waals surface area contributed by atoms with Gasteiger partial charge in [-0.05, 0) is 50.1 Å². The van der Waals surface area contributed by atoms with Crippen LogP contribution in [0.25, 0.3) is 0 Å². The summed E-state index contributed by atoms with van der Waals surface area (Å²) in [6.45, 7) is 5.67. The van der Waals surface area contributed by atoms with Crippen LogP contribution >= 0.6 is 11.6 Å². The molecule has 0 spiro atoms. The summed E-state index contributed by atoms with van der Waals surface area (Å²) >= 11 is 6.11. The number of benzene rings is 2. The fraction of sp³-hybridized carbons (Fsp3) is 0.150. The molecule has 6 heteroatoms. The minimum atomic E-state index is -0.316. The van der Waals surface area contributed by atoms with E-state index < -0.39 is 0 Å². The van der Waals surface area contributed by atoms with Crippen molar-refractivity contribution >= 4 is 34.7 Å². The van der Waals surface area contributed by atoms with E-state index in [2.05, 4.69) is 20.6 Å². The van der Waals surface area contributed by atoms with Gasteiger partial charge in [-0.2, -0.15) is 0 Å². The Kier molecular flexibility index (Phi) is 5.19. The number of nitrogens with one attached hydrogen (secondary N) is 2. The molecule has 132 valence electrons. The highest BCUT2D eigenvalue weighted by molar-refractivity contribution is 6.31. The second-order valence-electron chi connectivity index (χ2n) is 6.04. The molecule has 0 saturated heterocycles. The molecule has 1 heterocycles. The van der Waals surface area contributed by atoms with Gasteiger partial charge in [0.15, 0.2) is 0 Å². The summed E-state index contributed by atoms with van der Waals surface area (Å²) in [4.78, 5) is 21.2. The van der Waals surface area contributed by atoms with Crippen molar-refractivity contribution < 1.29 is 4.79 Å². The van der Waals surface area contributed by atoms with E-state index in [1.54, 1.807) is 25.1 Å². The van der Waals surface area contributed by atoms with Crippen molar-refractivity contribution in [3.05, 3.63) is 76.2 Å². The molecule has 0 saturated carbocycles. The molecule has 2 aromatic carbocycles. The average molecular weight is 367 g/mol. The van der Waals surface area contributed by atoms with E-state index in [4.69, 9.17) is 11.6 Å². The van der Waals surface area contributed by atoms with E-state index in [0.717, 1.165) is 16.8 Å². The maximum Gasteiger partial charge on any atom is 0.274 e. The highest BCUT2D eigenvalue weighted by Gasteiger charge is 2.12. The molecule has 3 aromatic rings. The Morgan fingerprint density at radius 3 is 2.46 bits per heavy atom. The van der Waals surface area contributed by atoms with Crippen molar-refractivity contribution in [3.63, 3.8) is 0 Å². The number of rotatable bonds is 4. The zero-order valence-electron chi connectivity index (χ0n) is 14.8. The minimum absolute atomic E-state index is 0.283. The average Bonchev–Trinajstić information content (AvgIpc) is 2.60. The number of hydrogen-bond donors (Lipinski definition) is 2. The lowest BCUT2D eigenvalue weighted by Gasteiger charge is -2.11. The van der Waals surface area contributed by atoms with Gasteiger partial charge < -0.3 is 10.6 Å². The van der Waals surface area contributed by atoms with Crippen molar-refractivity contribution in [2.75, 3.05) is 10.6 Å². The first kappa shape index (κ1) is 17.9. The van der Waals surface area contributed by atoms with Crippen LogP contribution in [0.4, 0.5) is 17.2 Å². The van der Waals surface area contributed by atoms with Crippen molar-refractivity contribution in [1.29, 1.82) is 0 Å². The summed E-state index contributed by atoms with van der Waals surface area (Å²) in [5.41, 5.74) is 3.87. The van der Waals surface area contributed by atoms with Gasteiger partial charge >= 0.3 is 0 Å². The third kappa shape index (κ3) is 4.18. The second kappa shape index (κ2) is 7.54. The number of nitrogens with zero attached hydrogens (tertiary/aromatic N) is 2. The summed E-state index contributed by atoms with van der Waals surface area (Å²) in [5, 5.41) is 6.65. The molecule has 0 aliphatic carbocycles. The Bertz CT molecular complexity index is 972. The quantitative estimate of drug-likeness (QED) is 0.678. The highest BCUT2D eigenvalue weighted by atomic mass is 35.5. The number of halogens is 1. The van der Waals surface area contributed by atoms with Crippen molar-refractivity contribution in [2.24, 2.45) is 0 Å². The Balaban J connectivity index is 1.83. The Hall–Kier alpha value is -2.92. The van der Waals surface area contributed by atoms with E-state index in [0.29, 0.717) is 22.4 Å². The third-order valence-electron chi connectivity index (χ3n) is 3.91. The van der Waals surface area contributed by atoms with Crippen LogP contribution in [0.3, 0.4) is 0 Å². The monoisotopic (exact) mass is 366 g/mol. The molecule has 1 aromatic heterocycles.